The van der Waals surface area contributed by atoms with Crippen LogP contribution in [0.1, 0.15) is 15.9 Å². The van der Waals surface area contributed by atoms with Gasteiger partial charge in [-0.25, -0.2) is 13.6 Å². The number of aromatic carboxylic acids is 1. The van der Waals surface area contributed by atoms with E-state index in [-0.39, 0.29) is 16.1 Å². The van der Waals surface area contributed by atoms with Crippen molar-refractivity contribution >= 4 is 28.2 Å². The molecule has 0 saturated heterocycles. The van der Waals surface area contributed by atoms with Gasteiger partial charge in [0.05, 0.1) is 12.0 Å². The molecule has 0 unspecified atom stereocenters. The highest BCUT2D eigenvalue weighted by molar-refractivity contribution is 7.14. The maximum atomic E-state index is 13.4. The molecule has 0 atom stereocenters. The topological polar surface area (TPSA) is 66.4 Å². The van der Waals surface area contributed by atoms with Crippen LogP contribution in [0.15, 0.2) is 29.6 Å². The van der Waals surface area contributed by atoms with Crippen LogP contribution in [-0.2, 0) is 11.2 Å². The molecular formula is C13H9F2NO3S. The van der Waals surface area contributed by atoms with Crippen molar-refractivity contribution in [3.63, 3.8) is 0 Å². The zero-order valence-electron chi connectivity index (χ0n) is 10.0. The van der Waals surface area contributed by atoms with Gasteiger partial charge in [-0.15, -0.1) is 11.3 Å². The lowest BCUT2D eigenvalue weighted by atomic mass is 10.1. The normalized spacial score (nSPS) is 10.3. The van der Waals surface area contributed by atoms with Gasteiger partial charge < -0.3 is 10.4 Å². The predicted octanol–water partition coefficient (Wildman–Crippen LogP) is 2.91. The lowest BCUT2D eigenvalue weighted by Gasteiger charge is -2.06. The van der Waals surface area contributed by atoms with E-state index in [1.165, 1.54) is 17.5 Å². The highest BCUT2D eigenvalue weighted by atomic mass is 32.1. The molecule has 4 nitrogen and oxygen atoms in total. The van der Waals surface area contributed by atoms with Crippen LogP contribution in [0.5, 0.6) is 0 Å². The molecule has 0 fully saturated rings. The number of nitrogens with one attached hydrogen (secondary N) is 1. The summed E-state index contributed by atoms with van der Waals surface area (Å²) in [5, 5.41) is 12.9. The Balaban J connectivity index is 2.14. The zero-order chi connectivity index (χ0) is 14.7. The Morgan fingerprint density at radius 3 is 2.45 bits per heavy atom. The fraction of sp³-hybridized carbons (Fsp3) is 0.0769. The molecule has 7 heteroatoms. The molecule has 20 heavy (non-hydrogen) atoms. The number of halogens is 2. The first-order valence-corrected chi connectivity index (χ1v) is 6.40. The molecule has 1 aromatic heterocycles. The van der Waals surface area contributed by atoms with E-state index in [2.05, 4.69) is 5.32 Å². The largest absolute Gasteiger partial charge is 0.478 e. The maximum Gasteiger partial charge on any atom is 0.338 e. The first kappa shape index (κ1) is 14.1. The van der Waals surface area contributed by atoms with Crippen LogP contribution < -0.4 is 5.32 Å². The Labute approximate surface area is 116 Å². The maximum absolute atomic E-state index is 13.4. The molecule has 2 N–H and O–H groups in total. The van der Waals surface area contributed by atoms with E-state index in [0.29, 0.717) is 0 Å². The van der Waals surface area contributed by atoms with Crippen molar-refractivity contribution in [1.82, 2.24) is 0 Å². The van der Waals surface area contributed by atoms with E-state index in [0.717, 1.165) is 23.5 Å². The minimum Gasteiger partial charge on any atom is -0.478 e. The van der Waals surface area contributed by atoms with Crippen LogP contribution >= 0.6 is 11.3 Å². The van der Waals surface area contributed by atoms with Crippen molar-refractivity contribution in [2.45, 2.75) is 6.42 Å². The fourth-order valence-corrected chi connectivity index (χ4v) is 2.40. The van der Waals surface area contributed by atoms with E-state index >= 15 is 0 Å². The fourth-order valence-electron chi connectivity index (χ4n) is 1.61. The number of carboxylic acid groups (broad SMARTS) is 1. The third kappa shape index (κ3) is 3.00. The smallest absolute Gasteiger partial charge is 0.338 e. The molecule has 1 amide bonds. The Morgan fingerprint density at radius 2 is 1.85 bits per heavy atom. The number of rotatable bonds is 4. The molecule has 1 aromatic carbocycles. The summed E-state index contributed by atoms with van der Waals surface area (Å²) in [6, 6.07) is 4.65. The Hall–Kier alpha value is -2.28. The second-order valence-electron chi connectivity index (χ2n) is 3.89. The summed E-state index contributed by atoms with van der Waals surface area (Å²) in [6.45, 7) is 0. The summed E-state index contributed by atoms with van der Waals surface area (Å²) in [4.78, 5) is 22.6. The zero-order valence-corrected chi connectivity index (χ0v) is 10.8. The lowest BCUT2D eigenvalue weighted by molar-refractivity contribution is -0.115. The second kappa shape index (κ2) is 5.79. The van der Waals surface area contributed by atoms with Gasteiger partial charge in [-0.1, -0.05) is 6.07 Å². The highest BCUT2D eigenvalue weighted by Crippen LogP contribution is 2.23. The SMILES string of the molecule is O=C(Cc1c(F)cccc1F)Nc1sccc1C(=O)O. The first-order valence-electron chi connectivity index (χ1n) is 5.52. The molecule has 0 saturated carbocycles. The number of carbonyl (C=O) groups excluding carboxylic acids is 1. The van der Waals surface area contributed by atoms with Crippen molar-refractivity contribution in [3.05, 3.63) is 52.4 Å². The van der Waals surface area contributed by atoms with Gasteiger partial charge in [0.15, 0.2) is 0 Å². The average molecular weight is 297 g/mol. The van der Waals surface area contributed by atoms with Gasteiger partial charge in [0.1, 0.15) is 16.6 Å². The van der Waals surface area contributed by atoms with Crippen molar-refractivity contribution in [2.24, 2.45) is 0 Å². The third-order valence-corrected chi connectivity index (χ3v) is 3.38. The standard InChI is InChI=1S/C13H9F2NO3S/c14-9-2-1-3-10(15)8(9)6-11(17)16-12-7(13(18)19)4-5-20-12/h1-5H,6H2,(H,16,17)(H,18,19). The number of hydrogen-bond donors (Lipinski definition) is 2. The summed E-state index contributed by atoms with van der Waals surface area (Å²) in [5.41, 5.74) is -0.407. The van der Waals surface area contributed by atoms with E-state index in [1.807, 2.05) is 0 Å². The van der Waals surface area contributed by atoms with Gasteiger partial charge in [0, 0.05) is 5.56 Å². The minimum absolute atomic E-state index is 0.0580. The van der Waals surface area contributed by atoms with Gasteiger partial charge >= 0.3 is 5.97 Å². The monoisotopic (exact) mass is 297 g/mol. The van der Waals surface area contributed by atoms with Crippen molar-refractivity contribution in [1.29, 1.82) is 0 Å². The van der Waals surface area contributed by atoms with Crippen LogP contribution in [0.25, 0.3) is 0 Å². The molecular weight excluding hydrogens is 288 g/mol. The number of carbonyl (C=O) groups is 2. The number of thiophene rings is 1. The number of amides is 1. The number of carboxylic acids is 1. The molecule has 0 spiro atoms. The number of benzene rings is 1. The van der Waals surface area contributed by atoms with Crippen LogP contribution in [0.4, 0.5) is 13.8 Å². The molecule has 0 aliphatic heterocycles. The predicted molar refractivity (Wildman–Crippen MR) is 70.0 cm³/mol. The quantitative estimate of drug-likeness (QED) is 0.912. The van der Waals surface area contributed by atoms with Gasteiger partial charge in [0.2, 0.25) is 5.91 Å². The minimum atomic E-state index is -1.18. The van der Waals surface area contributed by atoms with Gasteiger partial charge in [-0.05, 0) is 23.6 Å². The lowest BCUT2D eigenvalue weighted by Crippen LogP contribution is -2.17. The number of hydrogen-bond acceptors (Lipinski definition) is 3. The van der Waals surface area contributed by atoms with E-state index in [9.17, 15) is 18.4 Å². The van der Waals surface area contributed by atoms with Crippen molar-refractivity contribution in [3.8, 4) is 0 Å². The molecule has 2 rings (SSSR count). The van der Waals surface area contributed by atoms with E-state index < -0.39 is 29.9 Å². The summed E-state index contributed by atoms with van der Waals surface area (Å²) in [6.07, 6.45) is -0.504. The van der Waals surface area contributed by atoms with Gasteiger partial charge in [-0.2, -0.15) is 0 Å². The molecule has 0 bridgehead atoms. The second-order valence-corrected chi connectivity index (χ2v) is 4.81. The van der Waals surface area contributed by atoms with Crippen LogP contribution in [0.3, 0.4) is 0 Å². The summed E-state index contributed by atoms with van der Waals surface area (Å²) in [7, 11) is 0. The highest BCUT2D eigenvalue weighted by Gasteiger charge is 2.17. The third-order valence-electron chi connectivity index (χ3n) is 2.55. The molecule has 0 radical (unpaired) electrons. The Kier molecular flexibility index (Phi) is 4.09. The van der Waals surface area contributed by atoms with Crippen molar-refractivity contribution in [2.75, 3.05) is 5.32 Å². The molecule has 0 aliphatic rings. The average Bonchev–Trinajstić information content (AvgIpc) is 2.82. The molecule has 104 valence electrons. The van der Waals surface area contributed by atoms with E-state index in [1.54, 1.807) is 0 Å². The summed E-state index contributed by atoms with van der Waals surface area (Å²) < 4.78 is 26.8. The van der Waals surface area contributed by atoms with E-state index in [4.69, 9.17) is 5.11 Å². The molecule has 1 heterocycles. The van der Waals surface area contributed by atoms with Crippen LogP contribution in [0, 0.1) is 11.6 Å². The Bertz CT molecular complexity index is 649. The number of anilines is 1. The molecule has 2 aromatic rings. The van der Waals surface area contributed by atoms with Crippen LogP contribution in [-0.4, -0.2) is 17.0 Å². The van der Waals surface area contributed by atoms with Crippen molar-refractivity contribution < 1.29 is 23.5 Å². The Morgan fingerprint density at radius 1 is 1.20 bits per heavy atom. The van der Waals surface area contributed by atoms with Gasteiger partial charge in [0.25, 0.3) is 0 Å². The van der Waals surface area contributed by atoms with Crippen LogP contribution in [0.2, 0.25) is 0 Å². The molecule has 0 aliphatic carbocycles. The summed E-state index contributed by atoms with van der Waals surface area (Å²) in [5.74, 6) is -3.49. The summed E-state index contributed by atoms with van der Waals surface area (Å²) >= 11 is 1.02. The first-order chi connectivity index (χ1) is 9.49. The van der Waals surface area contributed by atoms with Gasteiger partial charge in [-0.3, -0.25) is 4.79 Å².